The van der Waals surface area contributed by atoms with Crippen LogP contribution in [0, 0.1) is 0 Å². The predicted molar refractivity (Wildman–Crippen MR) is 86.5 cm³/mol. The van der Waals surface area contributed by atoms with Gasteiger partial charge in [-0.1, -0.05) is 51.8 Å². The van der Waals surface area contributed by atoms with Crippen LogP contribution < -0.4 is 5.32 Å². The largest absolute Gasteiger partial charge is 0.381 e. The zero-order chi connectivity index (χ0) is 13.9. The van der Waals surface area contributed by atoms with Crippen LogP contribution in [0.15, 0.2) is 46.9 Å². The monoisotopic (exact) mass is 351 g/mol. The van der Waals surface area contributed by atoms with Crippen LogP contribution in [0.2, 0.25) is 5.02 Å². The summed E-state index contributed by atoms with van der Waals surface area (Å²) in [7, 11) is 0. The van der Waals surface area contributed by atoms with E-state index in [1.807, 2.05) is 18.2 Å². The molecule has 0 aromatic heterocycles. The quantitative estimate of drug-likeness (QED) is 0.854. The van der Waals surface area contributed by atoms with Crippen LogP contribution in [0.5, 0.6) is 0 Å². The number of nitrogens with one attached hydrogen (secondary N) is 1. The van der Waals surface area contributed by atoms with E-state index in [1.54, 1.807) is 0 Å². The number of hydrogen-bond donors (Lipinski definition) is 1. The molecule has 4 heteroatoms. The standard InChI is InChI=1S/C16H15BrClNO/c17-12-5-6-15(14(18)9-12)19-10-16-13-4-2-1-3-11(13)7-8-20-16/h1-6,9,16,19H,7-8,10H2. The summed E-state index contributed by atoms with van der Waals surface area (Å²) in [6, 6.07) is 14.3. The van der Waals surface area contributed by atoms with Crippen molar-refractivity contribution < 1.29 is 4.74 Å². The second-order valence-electron chi connectivity index (χ2n) is 4.81. The molecule has 104 valence electrons. The van der Waals surface area contributed by atoms with Gasteiger partial charge >= 0.3 is 0 Å². The van der Waals surface area contributed by atoms with Crippen LogP contribution >= 0.6 is 27.5 Å². The van der Waals surface area contributed by atoms with E-state index >= 15 is 0 Å². The average Bonchev–Trinajstić information content (AvgIpc) is 2.46. The third-order valence-electron chi connectivity index (χ3n) is 3.50. The molecule has 1 aliphatic rings. The van der Waals surface area contributed by atoms with Gasteiger partial charge in [0.2, 0.25) is 0 Å². The van der Waals surface area contributed by atoms with E-state index in [2.05, 4.69) is 45.5 Å². The lowest BCUT2D eigenvalue weighted by atomic mass is 9.97. The number of fused-ring (bicyclic) bond motifs is 1. The van der Waals surface area contributed by atoms with Gasteiger partial charge in [0.1, 0.15) is 0 Å². The Balaban J connectivity index is 1.73. The van der Waals surface area contributed by atoms with Gasteiger partial charge in [0.05, 0.1) is 23.4 Å². The molecule has 1 heterocycles. The fourth-order valence-corrected chi connectivity index (χ4v) is 3.22. The van der Waals surface area contributed by atoms with Gasteiger partial charge in [0, 0.05) is 11.0 Å². The maximum absolute atomic E-state index is 6.21. The summed E-state index contributed by atoms with van der Waals surface area (Å²) in [6.07, 6.45) is 1.07. The molecule has 0 saturated carbocycles. The van der Waals surface area contributed by atoms with Crippen molar-refractivity contribution in [2.45, 2.75) is 12.5 Å². The highest BCUT2D eigenvalue weighted by molar-refractivity contribution is 9.10. The molecule has 0 amide bonds. The van der Waals surface area contributed by atoms with E-state index < -0.39 is 0 Å². The van der Waals surface area contributed by atoms with Gasteiger partial charge in [0.25, 0.3) is 0 Å². The molecule has 1 aliphatic heterocycles. The van der Waals surface area contributed by atoms with Crippen molar-refractivity contribution in [2.75, 3.05) is 18.5 Å². The highest BCUT2D eigenvalue weighted by atomic mass is 79.9. The Bertz CT molecular complexity index is 617. The van der Waals surface area contributed by atoms with E-state index in [4.69, 9.17) is 16.3 Å². The molecule has 2 aromatic carbocycles. The van der Waals surface area contributed by atoms with E-state index in [9.17, 15) is 0 Å². The molecule has 0 radical (unpaired) electrons. The van der Waals surface area contributed by atoms with Crippen LogP contribution in [0.4, 0.5) is 5.69 Å². The van der Waals surface area contributed by atoms with Gasteiger partial charge in [-0.2, -0.15) is 0 Å². The second-order valence-corrected chi connectivity index (χ2v) is 6.14. The number of benzene rings is 2. The van der Waals surface area contributed by atoms with Crippen molar-refractivity contribution in [3.05, 3.63) is 63.1 Å². The van der Waals surface area contributed by atoms with Crippen LogP contribution in [0.25, 0.3) is 0 Å². The lowest BCUT2D eigenvalue weighted by molar-refractivity contribution is 0.0513. The fourth-order valence-electron chi connectivity index (χ4n) is 2.48. The summed E-state index contributed by atoms with van der Waals surface area (Å²) in [5.41, 5.74) is 3.59. The predicted octanol–water partition coefficient (Wildman–Crippen LogP) is 4.83. The minimum absolute atomic E-state index is 0.0830. The maximum atomic E-state index is 6.21. The number of anilines is 1. The summed E-state index contributed by atoms with van der Waals surface area (Å²) < 4.78 is 6.85. The molecule has 0 aliphatic carbocycles. The van der Waals surface area contributed by atoms with Crippen molar-refractivity contribution in [2.24, 2.45) is 0 Å². The third kappa shape index (κ3) is 3.00. The Kier molecular flexibility index (Phi) is 4.29. The van der Waals surface area contributed by atoms with Gasteiger partial charge in [0.15, 0.2) is 0 Å². The molecule has 1 atom stereocenters. The summed E-state index contributed by atoms with van der Waals surface area (Å²) >= 11 is 9.62. The second kappa shape index (κ2) is 6.17. The first kappa shape index (κ1) is 13.9. The minimum Gasteiger partial charge on any atom is -0.381 e. The molecular weight excluding hydrogens is 338 g/mol. The molecule has 0 fully saturated rings. The van der Waals surface area contributed by atoms with Gasteiger partial charge < -0.3 is 10.1 Å². The highest BCUT2D eigenvalue weighted by Gasteiger charge is 2.20. The highest BCUT2D eigenvalue weighted by Crippen LogP contribution is 2.29. The van der Waals surface area contributed by atoms with E-state index in [1.165, 1.54) is 11.1 Å². The SMILES string of the molecule is Clc1cc(Br)ccc1NCC1OCCc2ccccc21. The summed E-state index contributed by atoms with van der Waals surface area (Å²) in [5, 5.41) is 4.08. The Morgan fingerprint density at radius 1 is 1.25 bits per heavy atom. The van der Waals surface area contributed by atoms with Gasteiger partial charge in [-0.3, -0.25) is 0 Å². The first-order valence-corrected chi connectivity index (χ1v) is 7.79. The average molecular weight is 353 g/mol. The van der Waals surface area contributed by atoms with Crippen molar-refractivity contribution in [3.8, 4) is 0 Å². The zero-order valence-electron chi connectivity index (χ0n) is 10.9. The number of halogens is 2. The zero-order valence-corrected chi connectivity index (χ0v) is 13.2. The lowest BCUT2D eigenvalue weighted by Gasteiger charge is -2.26. The third-order valence-corrected chi connectivity index (χ3v) is 4.31. The molecule has 3 rings (SSSR count). The fraction of sp³-hybridized carbons (Fsp3) is 0.250. The van der Waals surface area contributed by atoms with Crippen molar-refractivity contribution in [1.82, 2.24) is 0 Å². The Hall–Kier alpha value is -1.03. The minimum atomic E-state index is 0.0830. The normalized spacial score (nSPS) is 17.6. The molecule has 20 heavy (non-hydrogen) atoms. The first-order chi connectivity index (χ1) is 9.74. The van der Waals surface area contributed by atoms with Crippen molar-refractivity contribution in [3.63, 3.8) is 0 Å². The molecule has 0 saturated heterocycles. The van der Waals surface area contributed by atoms with Crippen LogP contribution in [0.3, 0.4) is 0 Å². The number of ether oxygens (including phenoxy) is 1. The van der Waals surface area contributed by atoms with Gasteiger partial charge in [-0.25, -0.2) is 0 Å². The Morgan fingerprint density at radius 3 is 2.95 bits per heavy atom. The Labute approximate surface area is 132 Å². The van der Waals surface area contributed by atoms with Gasteiger partial charge in [-0.15, -0.1) is 0 Å². The van der Waals surface area contributed by atoms with E-state index in [0.717, 1.165) is 29.7 Å². The smallest absolute Gasteiger partial charge is 0.0999 e. The molecule has 1 unspecified atom stereocenters. The van der Waals surface area contributed by atoms with Gasteiger partial charge in [-0.05, 0) is 35.7 Å². The lowest BCUT2D eigenvalue weighted by Crippen LogP contribution is -2.22. The Morgan fingerprint density at radius 2 is 2.10 bits per heavy atom. The number of hydrogen-bond acceptors (Lipinski definition) is 2. The molecule has 0 bridgehead atoms. The molecular formula is C16H15BrClNO. The summed E-state index contributed by atoms with van der Waals surface area (Å²) in [4.78, 5) is 0. The summed E-state index contributed by atoms with van der Waals surface area (Å²) in [5.74, 6) is 0. The molecule has 0 spiro atoms. The first-order valence-electron chi connectivity index (χ1n) is 6.62. The van der Waals surface area contributed by atoms with Crippen LogP contribution in [-0.2, 0) is 11.2 Å². The maximum Gasteiger partial charge on any atom is 0.0999 e. The molecule has 2 nitrogen and oxygen atoms in total. The summed E-state index contributed by atoms with van der Waals surface area (Å²) in [6.45, 7) is 1.50. The number of rotatable bonds is 3. The van der Waals surface area contributed by atoms with Crippen LogP contribution in [-0.4, -0.2) is 13.2 Å². The van der Waals surface area contributed by atoms with Crippen molar-refractivity contribution >= 4 is 33.2 Å². The van der Waals surface area contributed by atoms with E-state index in [-0.39, 0.29) is 6.10 Å². The topological polar surface area (TPSA) is 21.3 Å². The van der Waals surface area contributed by atoms with Crippen molar-refractivity contribution in [1.29, 1.82) is 0 Å². The van der Waals surface area contributed by atoms with Crippen LogP contribution in [0.1, 0.15) is 17.2 Å². The molecule has 1 N–H and O–H groups in total. The van der Waals surface area contributed by atoms with E-state index in [0.29, 0.717) is 5.02 Å². The molecule has 2 aromatic rings.